The Morgan fingerprint density at radius 2 is 1.38 bits per heavy atom. The second kappa shape index (κ2) is 5.22. The summed E-state index contributed by atoms with van der Waals surface area (Å²) in [6.07, 6.45) is 0. The Labute approximate surface area is 80.7 Å². The van der Waals surface area contributed by atoms with Gasteiger partial charge in [0, 0.05) is 6.07 Å². The van der Waals surface area contributed by atoms with Gasteiger partial charge in [0.05, 0.1) is 0 Å². The van der Waals surface area contributed by atoms with Crippen LogP contribution in [0, 0.1) is 0 Å². The van der Waals surface area contributed by atoms with Gasteiger partial charge in [-0.1, -0.05) is 18.2 Å². The van der Waals surface area contributed by atoms with Gasteiger partial charge >= 0.3 is 0 Å². The first kappa shape index (κ1) is 9.61. The fourth-order valence-electron chi connectivity index (χ4n) is 0.720. The molecule has 0 unspecified atom stereocenters. The van der Waals surface area contributed by atoms with Crippen molar-refractivity contribution in [3.63, 3.8) is 0 Å². The molecule has 2 aromatic rings. The van der Waals surface area contributed by atoms with Crippen molar-refractivity contribution in [3.8, 4) is 11.5 Å². The Balaban J connectivity index is 0.000000145. The molecule has 1 aromatic carbocycles. The molecule has 1 aromatic heterocycles. The van der Waals surface area contributed by atoms with Crippen LogP contribution in [0.4, 0.5) is 0 Å². The molecule has 0 bridgehead atoms. The van der Waals surface area contributed by atoms with E-state index in [1.54, 1.807) is 17.4 Å². The number of aromatic hydroxyl groups is 2. The number of phenols is 2. The van der Waals surface area contributed by atoms with E-state index in [-0.39, 0.29) is 11.5 Å². The molecule has 2 nitrogen and oxygen atoms in total. The van der Waals surface area contributed by atoms with Gasteiger partial charge in [0.25, 0.3) is 0 Å². The molecule has 0 spiro atoms. The zero-order valence-electron chi connectivity index (χ0n) is 6.92. The van der Waals surface area contributed by atoms with Gasteiger partial charge in [-0.3, -0.25) is 0 Å². The minimum absolute atomic E-state index is 0.0880. The van der Waals surface area contributed by atoms with Crippen LogP contribution < -0.4 is 0 Å². The Bertz CT molecular complexity index is 296. The molecular weight excluding hydrogens is 184 g/mol. The van der Waals surface area contributed by atoms with E-state index in [4.69, 9.17) is 10.2 Å². The highest BCUT2D eigenvalue weighted by Gasteiger charge is 1.85. The maximum atomic E-state index is 8.65. The monoisotopic (exact) mass is 194 g/mol. The first-order chi connectivity index (χ1) is 6.29. The van der Waals surface area contributed by atoms with E-state index >= 15 is 0 Å². The Morgan fingerprint density at radius 1 is 0.846 bits per heavy atom. The summed E-state index contributed by atoms with van der Waals surface area (Å²) >= 11 is 1.71. The molecule has 3 heteroatoms. The lowest BCUT2D eigenvalue weighted by Gasteiger charge is -1.89. The topological polar surface area (TPSA) is 40.5 Å². The number of rotatable bonds is 0. The molecule has 13 heavy (non-hydrogen) atoms. The van der Waals surface area contributed by atoms with Gasteiger partial charge in [0.1, 0.15) is 11.5 Å². The van der Waals surface area contributed by atoms with Crippen LogP contribution >= 0.6 is 11.3 Å². The molecule has 0 aliphatic carbocycles. The lowest BCUT2D eigenvalue weighted by molar-refractivity contribution is 0.450. The van der Waals surface area contributed by atoms with Gasteiger partial charge in [-0.05, 0) is 22.9 Å². The van der Waals surface area contributed by atoms with Crippen LogP contribution in [0.15, 0.2) is 47.2 Å². The Kier molecular flexibility index (Phi) is 3.85. The maximum Gasteiger partial charge on any atom is 0.119 e. The predicted octanol–water partition coefficient (Wildman–Crippen LogP) is 2.85. The molecule has 0 radical (unpaired) electrons. The number of hydrogen-bond acceptors (Lipinski definition) is 3. The molecule has 0 saturated carbocycles. The summed E-state index contributed by atoms with van der Waals surface area (Å²) in [5, 5.41) is 21.4. The van der Waals surface area contributed by atoms with Crippen LogP contribution in [0.5, 0.6) is 11.5 Å². The number of hydrogen-bond donors (Lipinski definition) is 2. The molecule has 0 atom stereocenters. The van der Waals surface area contributed by atoms with E-state index in [0.29, 0.717) is 0 Å². The quantitative estimate of drug-likeness (QED) is 0.677. The van der Waals surface area contributed by atoms with Crippen LogP contribution in [-0.2, 0) is 0 Å². The van der Waals surface area contributed by atoms with Gasteiger partial charge in [-0.2, -0.15) is 11.3 Å². The zero-order chi connectivity index (χ0) is 9.52. The van der Waals surface area contributed by atoms with E-state index in [1.807, 2.05) is 22.9 Å². The van der Waals surface area contributed by atoms with E-state index in [1.165, 1.54) is 18.2 Å². The minimum atomic E-state index is 0.0880. The van der Waals surface area contributed by atoms with Crippen molar-refractivity contribution in [2.24, 2.45) is 0 Å². The van der Waals surface area contributed by atoms with Gasteiger partial charge in [0.2, 0.25) is 0 Å². The van der Waals surface area contributed by atoms with Crippen molar-refractivity contribution in [2.75, 3.05) is 0 Å². The Morgan fingerprint density at radius 3 is 1.62 bits per heavy atom. The number of phenolic OH excluding ortho intramolecular Hbond substituents is 2. The van der Waals surface area contributed by atoms with Gasteiger partial charge in [0.15, 0.2) is 0 Å². The molecule has 0 aliphatic rings. The van der Waals surface area contributed by atoms with Crippen molar-refractivity contribution in [1.29, 1.82) is 0 Å². The SMILES string of the molecule is Oc1cccc(O)c1.c1ccsc1. The zero-order valence-corrected chi connectivity index (χ0v) is 7.74. The summed E-state index contributed by atoms with van der Waals surface area (Å²) in [5.41, 5.74) is 0. The van der Waals surface area contributed by atoms with Gasteiger partial charge in [-0.25, -0.2) is 0 Å². The largest absolute Gasteiger partial charge is 0.508 e. The van der Waals surface area contributed by atoms with Crippen molar-refractivity contribution in [2.45, 2.75) is 0 Å². The highest BCUT2D eigenvalue weighted by molar-refractivity contribution is 7.07. The summed E-state index contributed by atoms with van der Waals surface area (Å²) in [7, 11) is 0. The van der Waals surface area contributed by atoms with Crippen LogP contribution in [0.25, 0.3) is 0 Å². The summed E-state index contributed by atoms with van der Waals surface area (Å²) in [5.74, 6) is 0.176. The lowest BCUT2D eigenvalue weighted by atomic mass is 10.3. The molecule has 0 aliphatic heterocycles. The van der Waals surface area contributed by atoms with E-state index in [9.17, 15) is 0 Å². The van der Waals surface area contributed by atoms with Crippen molar-refractivity contribution >= 4 is 11.3 Å². The molecule has 0 amide bonds. The predicted molar refractivity (Wildman–Crippen MR) is 54.1 cm³/mol. The average molecular weight is 194 g/mol. The molecule has 2 rings (SSSR count). The molecule has 0 fully saturated rings. The Hall–Kier alpha value is -1.48. The standard InChI is InChI=1S/C6H6O2.C4H4S/c7-5-2-1-3-6(8)4-5;1-2-4-5-3-1/h1-4,7-8H;1-4H. The number of benzene rings is 1. The van der Waals surface area contributed by atoms with E-state index in [2.05, 4.69) is 0 Å². The molecule has 1 heterocycles. The van der Waals surface area contributed by atoms with Crippen molar-refractivity contribution in [3.05, 3.63) is 47.2 Å². The van der Waals surface area contributed by atoms with Crippen LogP contribution in [0.1, 0.15) is 0 Å². The number of thiophene rings is 1. The third-order valence-corrected chi connectivity index (χ3v) is 1.88. The molecule has 2 N–H and O–H groups in total. The minimum Gasteiger partial charge on any atom is -0.508 e. The van der Waals surface area contributed by atoms with Crippen molar-refractivity contribution < 1.29 is 10.2 Å². The average Bonchev–Trinajstić information content (AvgIpc) is 2.59. The molecule has 68 valence electrons. The highest BCUT2D eigenvalue weighted by Crippen LogP contribution is 2.14. The molecule has 0 saturated heterocycles. The fourth-order valence-corrected chi connectivity index (χ4v) is 1.17. The summed E-state index contributed by atoms with van der Waals surface area (Å²) < 4.78 is 0. The van der Waals surface area contributed by atoms with Gasteiger partial charge < -0.3 is 10.2 Å². The van der Waals surface area contributed by atoms with Gasteiger partial charge in [-0.15, -0.1) is 0 Å². The summed E-state index contributed by atoms with van der Waals surface area (Å²) in [6, 6.07) is 9.89. The van der Waals surface area contributed by atoms with Crippen LogP contribution in [-0.4, -0.2) is 10.2 Å². The summed E-state index contributed by atoms with van der Waals surface area (Å²) in [4.78, 5) is 0. The van der Waals surface area contributed by atoms with Crippen LogP contribution in [0.2, 0.25) is 0 Å². The third kappa shape index (κ3) is 4.18. The lowest BCUT2D eigenvalue weighted by Crippen LogP contribution is -1.61. The summed E-state index contributed by atoms with van der Waals surface area (Å²) in [6.45, 7) is 0. The third-order valence-electron chi connectivity index (χ3n) is 1.26. The normalized spacial score (nSPS) is 8.62. The second-order valence-electron chi connectivity index (χ2n) is 2.31. The van der Waals surface area contributed by atoms with E-state index in [0.717, 1.165) is 0 Å². The fraction of sp³-hybridized carbons (Fsp3) is 0. The first-order valence-corrected chi connectivity index (χ1v) is 4.68. The van der Waals surface area contributed by atoms with Crippen molar-refractivity contribution in [1.82, 2.24) is 0 Å². The first-order valence-electron chi connectivity index (χ1n) is 3.74. The highest BCUT2D eigenvalue weighted by atomic mass is 32.1. The second-order valence-corrected chi connectivity index (χ2v) is 3.13. The molecular formula is C10H10O2S. The van der Waals surface area contributed by atoms with E-state index < -0.39 is 0 Å². The smallest absolute Gasteiger partial charge is 0.119 e. The van der Waals surface area contributed by atoms with Crippen LogP contribution in [0.3, 0.4) is 0 Å². The maximum absolute atomic E-state index is 8.65.